The summed E-state index contributed by atoms with van der Waals surface area (Å²) in [5, 5.41) is 3.67. The van der Waals surface area contributed by atoms with Crippen LogP contribution >= 0.6 is 12.2 Å². The highest BCUT2D eigenvalue weighted by Gasteiger charge is 2.50. The fourth-order valence-electron chi connectivity index (χ4n) is 4.00. The molecule has 0 amide bonds. The van der Waals surface area contributed by atoms with Gasteiger partial charge in [-0.25, -0.2) is 0 Å². The number of aliphatic imine (C=N–C) groups is 1. The van der Waals surface area contributed by atoms with E-state index in [0.29, 0.717) is 0 Å². The first-order valence-electron chi connectivity index (χ1n) is 9.36. The van der Waals surface area contributed by atoms with Gasteiger partial charge in [-0.15, -0.1) is 0 Å². The lowest BCUT2D eigenvalue weighted by Crippen LogP contribution is -2.44. The molecule has 1 N–H and O–H groups in total. The smallest absolute Gasteiger partial charge is 0.204 e. The van der Waals surface area contributed by atoms with Gasteiger partial charge in [-0.3, -0.25) is 9.89 Å². The fourth-order valence-corrected chi connectivity index (χ4v) is 4.46. The van der Waals surface area contributed by atoms with E-state index in [4.69, 9.17) is 12.2 Å². The second kappa shape index (κ2) is 7.21. The molecule has 1 heterocycles. The topological polar surface area (TPSA) is 27.6 Å². The van der Waals surface area contributed by atoms with Crippen LogP contribution in [0.1, 0.15) is 22.3 Å². The highest BCUT2D eigenvalue weighted by Crippen LogP contribution is 2.40. The summed E-state index contributed by atoms with van der Waals surface area (Å²) in [5.41, 5.74) is 4.97. The number of para-hydroxylation sites is 1. The highest BCUT2D eigenvalue weighted by molar-refractivity contribution is 7.81. The zero-order valence-electron chi connectivity index (χ0n) is 16.3. The van der Waals surface area contributed by atoms with Gasteiger partial charge in [-0.2, -0.15) is 0 Å². The van der Waals surface area contributed by atoms with Crippen molar-refractivity contribution in [2.24, 2.45) is 4.99 Å². The van der Waals surface area contributed by atoms with Gasteiger partial charge in [0, 0.05) is 7.05 Å². The molecule has 0 aromatic heterocycles. The Kier molecular flexibility index (Phi) is 4.73. The SMILES string of the molecule is CN=C1NC(c2ccccc2)(c2ccccc2)C(=S)N1c1c(C)cccc1C. The third-order valence-electron chi connectivity index (χ3n) is 5.32. The van der Waals surface area contributed by atoms with E-state index in [9.17, 15) is 0 Å². The normalized spacial score (nSPS) is 17.0. The summed E-state index contributed by atoms with van der Waals surface area (Å²) in [6.07, 6.45) is 0. The summed E-state index contributed by atoms with van der Waals surface area (Å²) < 4.78 is 0. The van der Waals surface area contributed by atoms with Gasteiger partial charge in [0.25, 0.3) is 0 Å². The molecule has 4 heteroatoms. The van der Waals surface area contributed by atoms with Crippen LogP contribution in [0.2, 0.25) is 0 Å². The van der Waals surface area contributed by atoms with Crippen LogP contribution in [-0.4, -0.2) is 18.0 Å². The van der Waals surface area contributed by atoms with Gasteiger partial charge in [0.1, 0.15) is 10.5 Å². The van der Waals surface area contributed by atoms with Gasteiger partial charge >= 0.3 is 0 Å². The van der Waals surface area contributed by atoms with Crippen LogP contribution in [0.5, 0.6) is 0 Å². The Morgan fingerprint density at radius 2 is 1.29 bits per heavy atom. The molecule has 0 saturated carbocycles. The Balaban J connectivity index is 1.99. The first kappa shape index (κ1) is 18.4. The molecular formula is C24H23N3S. The number of rotatable bonds is 3. The van der Waals surface area contributed by atoms with Crippen LogP contribution < -0.4 is 10.2 Å². The van der Waals surface area contributed by atoms with E-state index in [0.717, 1.165) is 27.8 Å². The molecule has 0 unspecified atom stereocenters. The highest BCUT2D eigenvalue weighted by atomic mass is 32.1. The zero-order valence-corrected chi connectivity index (χ0v) is 17.1. The summed E-state index contributed by atoms with van der Waals surface area (Å²) >= 11 is 6.17. The van der Waals surface area contributed by atoms with Crippen molar-refractivity contribution < 1.29 is 0 Å². The van der Waals surface area contributed by atoms with Crippen molar-refractivity contribution in [1.29, 1.82) is 0 Å². The molecule has 28 heavy (non-hydrogen) atoms. The number of aryl methyl sites for hydroxylation is 2. The molecule has 0 radical (unpaired) electrons. The molecule has 3 aromatic rings. The van der Waals surface area contributed by atoms with Crippen LogP contribution in [-0.2, 0) is 5.54 Å². The van der Waals surface area contributed by atoms with Gasteiger partial charge in [0.05, 0.1) is 5.69 Å². The van der Waals surface area contributed by atoms with Gasteiger partial charge in [-0.05, 0) is 36.1 Å². The molecule has 140 valence electrons. The van der Waals surface area contributed by atoms with E-state index in [1.165, 1.54) is 11.1 Å². The molecule has 3 nitrogen and oxygen atoms in total. The van der Waals surface area contributed by atoms with Crippen LogP contribution in [0, 0.1) is 13.8 Å². The number of hydrogen-bond acceptors (Lipinski definition) is 2. The van der Waals surface area contributed by atoms with Gasteiger partial charge in [-0.1, -0.05) is 91.1 Å². The Bertz CT molecular complexity index is 982. The summed E-state index contributed by atoms with van der Waals surface area (Å²) in [7, 11) is 1.80. The molecule has 4 rings (SSSR count). The lowest BCUT2D eigenvalue weighted by Gasteiger charge is -2.31. The van der Waals surface area contributed by atoms with Gasteiger partial charge in [0.2, 0.25) is 5.96 Å². The monoisotopic (exact) mass is 385 g/mol. The number of hydrogen-bond donors (Lipinski definition) is 1. The molecule has 1 aliphatic rings. The van der Waals surface area contributed by atoms with E-state index in [1.54, 1.807) is 7.05 Å². The maximum Gasteiger partial charge on any atom is 0.204 e. The second-order valence-electron chi connectivity index (χ2n) is 7.04. The summed E-state index contributed by atoms with van der Waals surface area (Å²) in [5.74, 6) is 0.759. The van der Waals surface area contributed by atoms with Crippen LogP contribution in [0.4, 0.5) is 5.69 Å². The molecule has 0 bridgehead atoms. The van der Waals surface area contributed by atoms with E-state index < -0.39 is 5.54 Å². The second-order valence-corrected chi connectivity index (χ2v) is 7.42. The predicted octanol–water partition coefficient (Wildman–Crippen LogP) is 4.97. The van der Waals surface area contributed by atoms with E-state index in [-0.39, 0.29) is 0 Å². The summed E-state index contributed by atoms with van der Waals surface area (Å²) in [6, 6.07) is 27.0. The lowest BCUT2D eigenvalue weighted by molar-refractivity contribution is 0.668. The Hall–Kier alpha value is -2.98. The van der Waals surface area contributed by atoms with Crippen molar-refractivity contribution >= 4 is 28.9 Å². The minimum Gasteiger partial charge on any atom is -0.336 e. The zero-order chi connectivity index (χ0) is 19.7. The Labute approximate surface area is 171 Å². The molecule has 0 spiro atoms. The largest absolute Gasteiger partial charge is 0.336 e. The van der Waals surface area contributed by atoms with Gasteiger partial charge in [0.15, 0.2) is 0 Å². The Morgan fingerprint density at radius 1 is 0.786 bits per heavy atom. The number of benzene rings is 3. The first-order valence-corrected chi connectivity index (χ1v) is 9.77. The summed E-state index contributed by atoms with van der Waals surface area (Å²) in [4.78, 5) is 7.45. The summed E-state index contributed by atoms with van der Waals surface area (Å²) in [6.45, 7) is 4.23. The van der Waals surface area contributed by atoms with Crippen LogP contribution in [0.3, 0.4) is 0 Å². The fraction of sp³-hybridized carbons (Fsp3) is 0.167. The van der Waals surface area contributed by atoms with Crippen molar-refractivity contribution in [3.05, 3.63) is 101 Å². The quantitative estimate of drug-likeness (QED) is 0.645. The lowest BCUT2D eigenvalue weighted by atomic mass is 9.83. The molecule has 1 fully saturated rings. The van der Waals surface area contributed by atoms with Crippen molar-refractivity contribution in [2.45, 2.75) is 19.4 Å². The third-order valence-corrected chi connectivity index (χ3v) is 5.81. The van der Waals surface area contributed by atoms with Crippen molar-refractivity contribution in [1.82, 2.24) is 5.32 Å². The molecule has 0 atom stereocenters. The molecule has 1 saturated heterocycles. The standard InChI is InChI=1S/C24H23N3S/c1-17-11-10-12-18(2)21(17)27-22(28)24(26-23(27)25-3,19-13-6-4-7-14-19)20-15-8-5-9-16-20/h4-16H,1-3H3,(H,25,26). The van der Waals surface area contributed by atoms with Crippen molar-refractivity contribution in [3.8, 4) is 0 Å². The van der Waals surface area contributed by atoms with E-state index in [2.05, 4.69) is 95.8 Å². The minimum absolute atomic E-state index is 0.651. The number of nitrogens with zero attached hydrogens (tertiary/aromatic N) is 2. The van der Waals surface area contributed by atoms with Gasteiger partial charge < -0.3 is 5.32 Å². The molecular weight excluding hydrogens is 362 g/mol. The number of guanidine groups is 1. The number of nitrogens with one attached hydrogen (secondary N) is 1. The van der Waals surface area contributed by atoms with E-state index in [1.807, 2.05) is 12.1 Å². The Morgan fingerprint density at radius 3 is 1.75 bits per heavy atom. The maximum atomic E-state index is 6.17. The molecule has 0 aliphatic carbocycles. The predicted molar refractivity (Wildman–Crippen MR) is 121 cm³/mol. The third kappa shape index (κ3) is 2.72. The van der Waals surface area contributed by atoms with Crippen LogP contribution in [0.25, 0.3) is 0 Å². The van der Waals surface area contributed by atoms with Crippen molar-refractivity contribution in [3.63, 3.8) is 0 Å². The minimum atomic E-state index is -0.651. The van der Waals surface area contributed by atoms with Crippen molar-refractivity contribution in [2.75, 3.05) is 11.9 Å². The average molecular weight is 386 g/mol. The average Bonchev–Trinajstić information content (AvgIpc) is 3.03. The van der Waals surface area contributed by atoms with Crippen LogP contribution in [0.15, 0.2) is 83.9 Å². The number of thiocarbonyl (C=S) groups is 1. The molecule has 1 aliphatic heterocycles. The van der Waals surface area contributed by atoms with E-state index >= 15 is 0 Å². The number of anilines is 1. The maximum absolute atomic E-state index is 6.17. The molecule has 3 aromatic carbocycles. The first-order chi connectivity index (χ1) is 13.6.